The number of rotatable bonds is 15. The maximum absolute atomic E-state index is 11.8. The van der Waals surface area contributed by atoms with E-state index in [-0.39, 0.29) is 13.1 Å². The van der Waals surface area contributed by atoms with Gasteiger partial charge in [-0.1, -0.05) is 24.3 Å². The summed E-state index contributed by atoms with van der Waals surface area (Å²) >= 11 is 0. The van der Waals surface area contributed by atoms with Crippen molar-refractivity contribution in [1.29, 1.82) is 0 Å². The highest BCUT2D eigenvalue weighted by Crippen LogP contribution is 2.26. The average Bonchev–Trinajstić information content (AvgIpc) is 2.90. The molecule has 0 aliphatic rings. The Labute approximate surface area is 207 Å². The summed E-state index contributed by atoms with van der Waals surface area (Å²) < 4.78 is 30.5. The van der Waals surface area contributed by atoms with Crippen LogP contribution in [0.2, 0.25) is 0 Å². The number of methoxy groups -OCH3 is 2. The van der Waals surface area contributed by atoms with Crippen molar-refractivity contribution in [2.45, 2.75) is 0 Å². The first-order valence-electron chi connectivity index (χ1n) is 10.8. The van der Waals surface area contributed by atoms with E-state index < -0.39 is 50.2 Å². The molecule has 0 atom stereocenters. The van der Waals surface area contributed by atoms with Gasteiger partial charge in [-0.2, -0.15) is 0 Å². The topological polar surface area (TPSA) is 148 Å². The Kier molecular flexibility index (Phi) is 11.9. The van der Waals surface area contributed by atoms with E-state index in [4.69, 9.17) is 28.4 Å². The molecule has 0 spiro atoms. The zero-order valence-electron chi connectivity index (χ0n) is 19.9. The second-order valence-corrected chi connectivity index (χ2v) is 6.90. The van der Waals surface area contributed by atoms with Crippen LogP contribution in [-0.2, 0) is 28.7 Å². The molecule has 194 valence electrons. The normalized spacial score (nSPS) is 9.94. The highest BCUT2D eigenvalue weighted by Gasteiger charge is 2.12. The van der Waals surface area contributed by atoms with Crippen LogP contribution < -0.4 is 29.6 Å². The number of carbonyl (C=O) groups is 4. The van der Waals surface area contributed by atoms with Gasteiger partial charge in [0.1, 0.15) is 0 Å². The number of hydrogen-bond acceptors (Lipinski definition) is 10. The molecule has 0 radical (unpaired) electrons. The van der Waals surface area contributed by atoms with E-state index in [9.17, 15) is 19.2 Å². The molecule has 0 aromatic heterocycles. The zero-order chi connectivity index (χ0) is 26.2. The van der Waals surface area contributed by atoms with Gasteiger partial charge in [-0.3, -0.25) is 9.59 Å². The van der Waals surface area contributed by atoms with Gasteiger partial charge in [0.25, 0.3) is 11.8 Å². The van der Waals surface area contributed by atoms with Crippen LogP contribution in [0.1, 0.15) is 0 Å². The number of benzene rings is 2. The minimum Gasteiger partial charge on any atom is -0.493 e. The van der Waals surface area contributed by atoms with Crippen molar-refractivity contribution in [3.05, 3.63) is 48.5 Å². The molecule has 0 heterocycles. The van der Waals surface area contributed by atoms with E-state index in [2.05, 4.69) is 10.6 Å². The Hall–Kier alpha value is -4.48. The third-order valence-electron chi connectivity index (χ3n) is 4.33. The van der Waals surface area contributed by atoms with E-state index in [1.54, 1.807) is 48.5 Å². The Balaban J connectivity index is 1.52. The largest absolute Gasteiger partial charge is 0.493 e. The SMILES string of the molecule is COc1ccccc1OCC(=O)OCC(=O)NCCNC(=O)COC(=O)COc1ccccc1OC. The monoisotopic (exact) mass is 504 g/mol. The molecule has 2 rings (SSSR count). The highest BCUT2D eigenvalue weighted by atomic mass is 16.6. The second-order valence-electron chi connectivity index (χ2n) is 6.90. The number of nitrogens with one attached hydrogen (secondary N) is 2. The first-order valence-corrected chi connectivity index (χ1v) is 10.8. The van der Waals surface area contributed by atoms with Crippen molar-refractivity contribution in [3.63, 3.8) is 0 Å². The van der Waals surface area contributed by atoms with Crippen LogP contribution in [0.25, 0.3) is 0 Å². The van der Waals surface area contributed by atoms with Gasteiger partial charge < -0.3 is 39.1 Å². The zero-order valence-corrected chi connectivity index (χ0v) is 19.9. The van der Waals surface area contributed by atoms with Crippen molar-refractivity contribution in [2.75, 3.05) is 53.7 Å². The first kappa shape index (κ1) is 27.8. The van der Waals surface area contributed by atoms with Crippen LogP contribution in [0, 0.1) is 0 Å². The summed E-state index contributed by atoms with van der Waals surface area (Å²) in [7, 11) is 2.94. The summed E-state index contributed by atoms with van der Waals surface area (Å²) in [6.07, 6.45) is 0. The van der Waals surface area contributed by atoms with Gasteiger partial charge in [-0.05, 0) is 24.3 Å². The van der Waals surface area contributed by atoms with Crippen LogP contribution in [0.5, 0.6) is 23.0 Å². The summed E-state index contributed by atoms with van der Waals surface area (Å²) in [5.41, 5.74) is 0. The standard InChI is InChI=1S/C24H28N2O10/c1-31-17-7-3-5-9-19(17)33-15-23(29)35-13-21(27)25-11-12-26-22(28)14-36-24(30)16-34-20-10-6-4-8-18(20)32-2/h3-10H,11-16H2,1-2H3,(H,25,27)(H,26,28). The molecule has 0 unspecified atom stereocenters. The van der Waals surface area contributed by atoms with Gasteiger partial charge in [-0.25, -0.2) is 9.59 Å². The van der Waals surface area contributed by atoms with Crippen molar-refractivity contribution >= 4 is 23.8 Å². The van der Waals surface area contributed by atoms with Gasteiger partial charge in [0.15, 0.2) is 49.4 Å². The molecule has 2 aromatic rings. The molecule has 2 amide bonds. The molecule has 2 aromatic carbocycles. The van der Waals surface area contributed by atoms with Gasteiger partial charge in [0.05, 0.1) is 14.2 Å². The molecule has 12 heteroatoms. The molecule has 0 saturated carbocycles. The fraction of sp³-hybridized carbons (Fsp3) is 0.333. The van der Waals surface area contributed by atoms with Crippen molar-refractivity contribution in [3.8, 4) is 23.0 Å². The minimum atomic E-state index is -0.735. The first-order chi connectivity index (χ1) is 17.4. The quantitative estimate of drug-likeness (QED) is 0.259. The summed E-state index contributed by atoms with van der Waals surface area (Å²) in [6, 6.07) is 13.6. The Morgan fingerprint density at radius 1 is 0.583 bits per heavy atom. The second kappa shape index (κ2) is 15.4. The average molecular weight is 504 g/mol. The number of para-hydroxylation sites is 4. The number of amides is 2. The molecule has 12 nitrogen and oxygen atoms in total. The molecular formula is C24H28N2O10. The smallest absolute Gasteiger partial charge is 0.344 e. The van der Waals surface area contributed by atoms with Gasteiger partial charge in [-0.15, -0.1) is 0 Å². The molecule has 0 saturated heterocycles. The summed E-state index contributed by atoms with van der Waals surface area (Å²) in [6.45, 7) is -1.66. The maximum atomic E-state index is 11.8. The Morgan fingerprint density at radius 3 is 1.31 bits per heavy atom. The lowest BCUT2D eigenvalue weighted by Gasteiger charge is -2.11. The fourth-order valence-corrected chi connectivity index (χ4v) is 2.63. The van der Waals surface area contributed by atoms with Crippen LogP contribution in [0.3, 0.4) is 0 Å². The van der Waals surface area contributed by atoms with Gasteiger partial charge in [0, 0.05) is 13.1 Å². The van der Waals surface area contributed by atoms with E-state index in [0.717, 1.165) is 0 Å². The molecular weight excluding hydrogens is 476 g/mol. The number of esters is 2. The Bertz CT molecular complexity index is 946. The fourth-order valence-electron chi connectivity index (χ4n) is 2.63. The third kappa shape index (κ3) is 10.2. The number of hydrogen-bond donors (Lipinski definition) is 2. The summed E-state index contributed by atoms with van der Waals surface area (Å²) in [5, 5.41) is 4.94. The molecule has 2 N–H and O–H groups in total. The third-order valence-corrected chi connectivity index (χ3v) is 4.33. The minimum absolute atomic E-state index is 0.0741. The molecule has 0 aliphatic carbocycles. The van der Waals surface area contributed by atoms with Crippen molar-refractivity contribution < 1.29 is 47.6 Å². The predicted octanol–water partition coefficient (Wildman–Crippen LogP) is 0.480. The van der Waals surface area contributed by atoms with Crippen molar-refractivity contribution in [2.24, 2.45) is 0 Å². The van der Waals surface area contributed by atoms with Crippen LogP contribution in [-0.4, -0.2) is 77.5 Å². The molecule has 36 heavy (non-hydrogen) atoms. The summed E-state index contributed by atoms with van der Waals surface area (Å²) in [5.74, 6) is -0.938. The maximum Gasteiger partial charge on any atom is 0.344 e. The molecule has 0 bridgehead atoms. The van der Waals surface area contributed by atoms with Crippen molar-refractivity contribution in [1.82, 2.24) is 10.6 Å². The van der Waals surface area contributed by atoms with Crippen LogP contribution >= 0.6 is 0 Å². The Morgan fingerprint density at radius 2 is 0.944 bits per heavy atom. The van der Waals surface area contributed by atoms with E-state index >= 15 is 0 Å². The molecule has 0 fully saturated rings. The predicted molar refractivity (Wildman–Crippen MR) is 125 cm³/mol. The van der Waals surface area contributed by atoms with Gasteiger partial charge >= 0.3 is 11.9 Å². The lowest BCUT2D eigenvalue weighted by Crippen LogP contribution is -2.38. The van der Waals surface area contributed by atoms with Gasteiger partial charge in [0.2, 0.25) is 0 Å². The molecule has 0 aliphatic heterocycles. The van der Waals surface area contributed by atoms with E-state index in [1.165, 1.54) is 14.2 Å². The van der Waals surface area contributed by atoms with E-state index in [1.807, 2.05) is 0 Å². The number of carbonyl (C=O) groups excluding carboxylic acids is 4. The lowest BCUT2D eigenvalue weighted by molar-refractivity contribution is -0.150. The lowest BCUT2D eigenvalue weighted by atomic mass is 10.3. The van der Waals surface area contributed by atoms with Crippen LogP contribution in [0.4, 0.5) is 0 Å². The van der Waals surface area contributed by atoms with E-state index in [0.29, 0.717) is 23.0 Å². The van der Waals surface area contributed by atoms with Crippen LogP contribution in [0.15, 0.2) is 48.5 Å². The highest BCUT2D eigenvalue weighted by molar-refractivity contribution is 5.82. The number of ether oxygens (including phenoxy) is 6. The summed E-state index contributed by atoms with van der Waals surface area (Å²) in [4.78, 5) is 47.0.